The lowest BCUT2D eigenvalue weighted by molar-refractivity contribution is -0.137. The molecule has 33 heavy (non-hydrogen) atoms. The van der Waals surface area contributed by atoms with Gasteiger partial charge >= 0.3 is 6.18 Å². The number of hydrogen-bond donors (Lipinski definition) is 1. The number of aromatic nitrogens is 3. The number of nitrogens with zero attached hydrogens (tertiary/aromatic N) is 4. The van der Waals surface area contributed by atoms with Gasteiger partial charge in [0.1, 0.15) is 23.0 Å². The maximum absolute atomic E-state index is 14.8. The van der Waals surface area contributed by atoms with Crippen molar-refractivity contribution in [3.05, 3.63) is 71.2 Å². The molecule has 2 aromatic carbocycles. The Morgan fingerprint density at radius 1 is 1.09 bits per heavy atom. The molecule has 4 aromatic rings. The lowest BCUT2D eigenvalue weighted by Gasteiger charge is -2.18. The lowest BCUT2D eigenvalue weighted by atomic mass is 9.96. The minimum atomic E-state index is -4.65. The van der Waals surface area contributed by atoms with Gasteiger partial charge in [-0.1, -0.05) is 6.07 Å². The fourth-order valence-electron chi connectivity index (χ4n) is 4.26. The summed E-state index contributed by atoms with van der Waals surface area (Å²) >= 11 is 0. The van der Waals surface area contributed by atoms with Crippen LogP contribution in [-0.4, -0.2) is 38.3 Å². The van der Waals surface area contributed by atoms with Gasteiger partial charge in [-0.3, -0.25) is 9.20 Å². The highest BCUT2D eigenvalue weighted by Gasteiger charge is 2.34. The molecule has 2 aromatic heterocycles. The Labute approximate surface area is 183 Å². The van der Waals surface area contributed by atoms with Gasteiger partial charge in [0.2, 0.25) is 0 Å². The van der Waals surface area contributed by atoms with Crippen molar-refractivity contribution in [2.45, 2.75) is 18.5 Å². The highest BCUT2D eigenvalue weighted by atomic mass is 19.4. The lowest BCUT2D eigenvalue weighted by Crippen LogP contribution is -2.29. The molecule has 2 N–H and O–H groups in total. The third-order valence-electron chi connectivity index (χ3n) is 5.94. The second-order valence-corrected chi connectivity index (χ2v) is 7.94. The molecule has 3 heterocycles. The number of nitrogens with two attached hydrogens (primary N) is 1. The minimum Gasteiger partial charge on any atom is -0.382 e. The molecule has 6 nitrogen and oxygen atoms in total. The van der Waals surface area contributed by atoms with Crippen LogP contribution < -0.4 is 5.73 Å². The second-order valence-electron chi connectivity index (χ2n) is 7.94. The molecule has 1 amide bonds. The van der Waals surface area contributed by atoms with Gasteiger partial charge in [0.05, 0.1) is 34.7 Å². The third kappa shape index (κ3) is 3.53. The topological polar surface area (TPSA) is 76.5 Å². The fourth-order valence-corrected chi connectivity index (χ4v) is 4.26. The van der Waals surface area contributed by atoms with Crippen molar-refractivity contribution in [2.75, 3.05) is 18.8 Å². The van der Waals surface area contributed by atoms with Crippen molar-refractivity contribution in [1.29, 1.82) is 0 Å². The average Bonchev–Trinajstić information content (AvgIpc) is 3.43. The smallest absolute Gasteiger partial charge is 0.382 e. The molecule has 0 bridgehead atoms. The van der Waals surface area contributed by atoms with Gasteiger partial charge < -0.3 is 10.6 Å². The first-order chi connectivity index (χ1) is 15.6. The summed E-state index contributed by atoms with van der Waals surface area (Å²) in [5.74, 6) is -2.70. The van der Waals surface area contributed by atoms with Crippen molar-refractivity contribution < 1.29 is 26.7 Å². The summed E-state index contributed by atoms with van der Waals surface area (Å²) in [4.78, 5) is 22.6. The fraction of sp³-hybridized carbons (Fsp3) is 0.227. The number of nitrogen functional groups attached to an aromatic ring is 1. The molecule has 5 rings (SSSR count). The van der Waals surface area contributed by atoms with Crippen LogP contribution in [0.1, 0.15) is 33.8 Å². The molecule has 11 heteroatoms. The number of carbonyl (C=O) groups excluding carboxylic acids is 1. The molecule has 1 atom stereocenters. The maximum atomic E-state index is 14.8. The van der Waals surface area contributed by atoms with Gasteiger partial charge in [-0.15, -0.1) is 0 Å². The third-order valence-corrected chi connectivity index (χ3v) is 5.94. The van der Waals surface area contributed by atoms with Gasteiger partial charge in [-0.05, 0) is 30.2 Å². The number of likely N-dealkylation sites (tertiary alicyclic amines) is 1. The Morgan fingerprint density at radius 2 is 1.88 bits per heavy atom. The number of halogens is 5. The number of benzene rings is 2. The van der Waals surface area contributed by atoms with Crippen LogP contribution in [0.15, 0.2) is 42.9 Å². The van der Waals surface area contributed by atoms with E-state index in [-0.39, 0.29) is 35.6 Å². The van der Waals surface area contributed by atoms with Gasteiger partial charge in [0.15, 0.2) is 0 Å². The Balaban J connectivity index is 1.44. The van der Waals surface area contributed by atoms with Crippen LogP contribution in [0.2, 0.25) is 0 Å². The van der Waals surface area contributed by atoms with Gasteiger partial charge in [-0.2, -0.15) is 13.2 Å². The van der Waals surface area contributed by atoms with E-state index in [0.717, 1.165) is 18.2 Å². The molecular formula is C22H16F5N5O. The molecule has 0 saturated carbocycles. The van der Waals surface area contributed by atoms with E-state index < -0.39 is 35.2 Å². The first-order valence-corrected chi connectivity index (χ1v) is 10.00. The van der Waals surface area contributed by atoms with Crippen LogP contribution in [0.3, 0.4) is 0 Å². The van der Waals surface area contributed by atoms with Gasteiger partial charge in [-0.25, -0.2) is 18.7 Å². The Hall–Kier alpha value is -3.76. The summed E-state index contributed by atoms with van der Waals surface area (Å²) in [6.45, 7) is 0.265. The Bertz CT molecular complexity index is 1410. The number of imidazole rings is 1. The monoisotopic (exact) mass is 461 g/mol. The maximum Gasteiger partial charge on any atom is 0.416 e. The number of amides is 1. The van der Waals surface area contributed by atoms with E-state index in [1.807, 2.05) is 0 Å². The van der Waals surface area contributed by atoms with E-state index >= 15 is 0 Å². The molecule has 1 fully saturated rings. The summed E-state index contributed by atoms with van der Waals surface area (Å²) in [7, 11) is 0. The summed E-state index contributed by atoms with van der Waals surface area (Å²) in [6, 6.07) is 4.85. The van der Waals surface area contributed by atoms with Gasteiger partial charge in [0, 0.05) is 25.1 Å². The number of anilines is 1. The van der Waals surface area contributed by atoms with Crippen LogP contribution in [0.4, 0.5) is 27.8 Å². The van der Waals surface area contributed by atoms with E-state index in [9.17, 15) is 26.7 Å². The first kappa shape index (κ1) is 21.1. The zero-order chi connectivity index (χ0) is 23.5. The van der Waals surface area contributed by atoms with Crippen molar-refractivity contribution in [3.63, 3.8) is 0 Å². The summed E-state index contributed by atoms with van der Waals surface area (Å²) in [5.41, 5.74) is 5.88. The SMILES string of the molecule is Nc1nc2cc(F)c(C(=O)N3CCC(c4ccc(C(F)(F)F)cc4F)C3)cc2n2cncc12. The first-order valence-electron chi connectivity index (χ1n) is 10.00. The Kier molecular flexibility index (Phi) is 4.73. The molecule has 1 aliphatic heterocycles. The molecule has 1 unspecified atom stereocenters. The molecule has 0 aliphatic carbocycles. The van der Waals surface area contributed by atoms with Crippen LogP contribution >= 0.6 is 0 Å². The van der Waals surface area contributed by atoms with Crippen molar-refractivity contribution >= 4 is 28.3 Å². The Morgan fingerprint density at radius 3 is 2.61 bits per heavy atom. The quantitative estimate of drug-likeness (QED) is 0.450. The molecule has 0 radical (unpaired) electrons. The standard InChI is InChI=1S/C22H16F5N5O/c23-15-5-12(22(25,26)27)1-2-13(15)11-3-4-31(9-11)21(33)14-6-18-17(7-16(14)24)30-20(28)19-8-29-10-32(18)19/h1-2,5-8,10-11H,3-4,9H2,(H2,28,30). The van der Waals surface area contributed by atoms with Crippen LogP contribution in [0.5, 0.6) is 0 Å². The van der Waals surface area contributed by atoms with E-state index in [1.54, 1.807) is 4.40 Å². The second kappa shape index (κ2) is 7.39. The van der Waals surface area contributed by atoms with Gasteiger partial charge in [0.25, 0.3) is 5.91 Å². The molecule has 1 saturated heterocycles. The van der Waals surface area contributed by atoms with E-state index in [2.05, 4.69) is 9.97 Å². The highest BCUT2D eigenvalue weighted by Crippen LogP contribution is 2.35. The van der Waals surface area contributed by atoms with Crippen molar-refractivity contribution in [3.8, 4) is 0 Å². The number of carbonyl (C=O) groups is 1. The van der Waals surface area contributed by atoms with E-state index in [0.29, 0.717) is 23.5 Å². The molecular weight excluding hydrogens is 445 g/mol. The predicted molar refractivity (Wildman–Crippen MR) is 110 cm³/mol. The number of hydrogen-bond acceptors (Lipinski definition) is 4. The normalized spacial score (nSPS) is 16.8. The summed E-state index contributed by atoms with van der Waals surface area (Å²) < 4.78 is 69.2. The zero-order valence-corrected chi connectivity index (χ0v) is 16.9. The largest absolute Gasteiger partial charge is 0.416 e. The molecule has 0 spiro atoms. The average molecular weight is 461 g/mol. The summed E-state index contributed by atoms with van der Waals surface area (Å²) in [5, 5.41) is 0. The zero-order valence-electron chi connectivity index (χ0n) is 16.9. The van der Waals surface area contributed by atoms with E-state index in [4.69, 9.17) is 5.73 Å². The van der Waals surface area contributed by atoms with Crippen molar-refractivity contribution in [1.82, 2.24) is 19.3 Å². The molecule has 1 aliphatic rings. The minimum absolute atomic E-state index is 0.0546. The summed E-state index contributed by atoms with van der Waals surface area (Å²) in [6.07, 6.45) is -1.34. The van der Waals surface area contributed by atoms with Crippen molar-refractivity contribution in [2.24, 2.45) is 0 Å². The number of fused-ring (bicyclic) bond motifs is 3. The van der Waals surface area contributed by atoms with Crippen LogP contribution in [0, 0.1) is 11.6 Å². The highest BCUT2D eigenvalue weighted by molar-refractivity contribution is 5.98. The predicted octanol–water partition coefficient (Wildman–Crippen LogP) is 4.39. The number of rotatable bonds is 2. The number of alkyl halides is 3. The van der Waals surface area contributed by atoms with Crippen LogP contribution in [-0.2, 0) is 6.18 Å². The molecule has 170 valence electrons. The van der Waals surface area contributed by atoms with Crippen LogP contribution in [0.25, 0.3) is 16.6 Å². The van der Waals surface area contributed by atoms with E-state index in [1.165, 1.54) is 23.5 Å².